The number of amidine groups is 1. The lowest BCUT2D eigenvalue weighted by Crippen LogP contribution is -2.52. The highest BCUT2D eigenvalue weighted by Crippen LogP contribution is 2.20. The summed E-state index contributed by atoms with van der Waals surface area (Å²) in [6.07, 6.45) is 19.2. The number of quaternary nitrogens is 1. The quantitative estimate of drug-likeness (QED) is 0.252. The number of allylic oxidation sites excluding steroid dienone is 2. The molecular formula is C21H41N2O+. The number of hydrogen-bond acceptors (Lipinski definition) is 2. The highest BCUT2D eigenvalue weighted by molar-refractivity contribution is 5.76. The zero-order chi connectivity index (χ0) is 17.5. The van der Waals surface area contributed by atoms with Crippen LogP contribution >= 0.6 is 0 Å². The first-order chi connectivity index (χ1) is 11.8. The van der Waals surface area contributed by atoms with Gasteiger partial charge in [-0.25, -0.2) is 4.99 Å². The second-order valence-corrected chi connectivity index (χ2v) is 7.22. The molecule has 0 fully saturated rings. The molecule has 0 aliphatic carbocycles. The number of aliphatic hydroxyl groups is 1. The molecule has 0 aromatic rings. The van der Waals surface area contributed by atoms with Crippen LogP contribution in [0.15, 0.2) is 17.1 Å². The third-order valence-electron chi connectivity index (χ3n) is 5.51. The van der Waals surface area contributed by atoms with E-state index in [1.54, 1.807) is 0 Å². The Morgan fingerprint density at radius 1 is 1.00 bits per heavy atom. The maximum absolute atomic E-state index is 9.34. The normalized spacial score (nSPS) is 20.9. The first-order valence-electron chi connectivity index (χ1n) is 10.4. The Balaban J connectivity index is 1.98. The van der Waals surface area contributed by atoms with Crippen molar-refractivity contribution in [3.05, 3.63) is 12.2 Å². The van der Waals surface area contributed by atoms with Crippen molar-refractivity contribution in [3.8, 4) is 0 Å². The van der Waals surface area contributed by atoms with Crippen LogP contribution in [0.5, 0.6) is 0 Å². The smallest absolute Gasteiger partial charge is 0.198 e. The van der Waals surface area contributed by atoms with E-state index >= 15 is 0 Å². The van der Waals surface area contributed by atoms with Crippen molar-refractivity contribution in [3.63, 3.8) is 0 Å². The van der Waals surface area contributed by atoms with Crippen LogP contribution in [-0.4, -0.2) is 48.2 Å². The average molecular weight is 338 g/mol. The number of rotatable bonds is 15. The van der Waals surface area contributed by atoms with Crippen LogP contribution in [0.2, 0.25) is 0 Å². The highest BCUT2D eigenvalue weighted by Gasteiger charge is 2.35. The monoisotopic (exact) mass is 337 g/mol. The lowest BCUT2D eigenvalue weighted by molar-refractivity contribution is -0.835. The molecule has 1 N–H and O–H groups in total. The summed E-state index contributed by atoms with van der Waals surface area (Å²) in [7, 11) is 0. The van der Waals surface area contributed by atoms with Crippen molar-refractivity contribution >= 4 is 5.84 Å². The standard InChI is InChI=1S/C21H41N2O/c1-3-5-6-7-8-9-10-11-12-13-14-15-16-21-22-17-18-23(21,4-2)19-20-24/h3,5,24H,4,6-20H2,1-2H3/q+1/b5-3+. The minimum atomic E-state index is 0.279. The van der Waals surface area contributed by atoms with Gasteiger partial charge in [0.05, 0.1) is 19.7 Å². The molecule has 3 heteroatoms. The molecule has 0 spiro atoms. The molecule has 140 valence electrons. The fourth-order valence-corrected chi connectivity index (χ4v) is 3.85. The molecule has 3 nitrogen and oxygen atoms in total. The second-order valence-electron chi connectivity index (χ2n) is 7.22. The van der Waals surface area contributed by atoms with Crippen molar-refractivity contribution < 1.29 is 9.59 Å². The van der Waals surface area contributed by atoms with Crippen molar-refractivity contribution in [2.75, 3.05) is 32.8 Å². The number of hydrogen-bond donors (Lipinski definition) is 1. The zero-order valence-electron chi connectivity index (χ0n) is 16.3. The molecule has 0 saturated heterocycles. The van der Waals surface area contributed by atoms with Gasteiger partial charge in [-0.3, -0.25) is 4.48 Å². The predicted molar refractivity (Wildman–Crippen MR) is 106 cm³/mol. The zero-order valence-corrected chi connectivity index (χ0v) is 16.3. The summed E-state index contributed by atoms with van der Waals surface area (Å²) in [5.74, 6) is 1.35. The van der Waals surface area contributed by atoms with Crippen molar-refractivity contribution in [1.82, 2.24) is 0 Å². The van der Waals surface area contributed by atoms with Gasteiger partial charge in [0.1, 0.15) is 13.1 Å². The summed E-state index contributed by atoms with van der Waals surface area (Å²) in [6.45, 7) is 8.60. The molecule has 1 atom stereocenters. The van der Waals surface area contributed by atoms with Crippen LogP contribution in [-0.2, 0) is 0 Å². The molecule has 1 rings (SSSR count). The minimum Gasteiger partial charge on any atom is -0.390 e. The van der Waals surface area contributed by atoms with E-state index in [9.17, 15) is 5.11 Å². The first-order valence-corrected chi connectivity index (χ1v) is 10.4. The number of aliphatic hydroxyl groups excluding tert-OH is 1. The molecule has 24 heavy (non-hydrogen) atoms. The summed E-state index contributed by atoms with van der Waals surface area (Å²) in [6, 6.07) is 0. The minimum absolute atomic E-state index is 0.279. The summed E-state index contributed by atoms with van der Waals surface area (Å²) in [5, 5.41) is 9.34. The SMILES string of the molecule is C/C=C/CCCCCCCCCCCC1=NCC[N+]1(CC)CCO. The van der Waals surface area contributed by atoms with Crippen LogP contribution < -0.4 is 0 Å². The average Bonchev–Trinajstić information content (AvgIpc) is 2.99. The van der Waals surface area contributed by atoms with Gasteiger partial charge in [0.2, 0.25) is 0 Å². The molecule has 1 aliphatic heterocycles. The van der Waals surface area contributed by atoms with Gasteiger partial charge < -0.3 is 5.11 Å². The Morgan fingerprint density at radius 3 is 2.21 bits per heavy atom. The lowest BCUT2D eigenvalue weighted by atomic mass is 10.1. The Bertz CT molecular complexity index is 365. The fourth-order valence-electron chi connectivity index (χ4n) is 3.85. The molecular weight excluding hydrogens is 296 g/mol. The number of unbranched alkanes of at least 4 members (excludes halogenated alkanes) is 9. The fraction of sp³-hybridized carbons (Fsp3) is 0.857. The third kappa shape index (κ3) is 7.94. The van der Waals surface area contributed by atoms with Crippen molar-refractivity contribution in [2.45, 2.75) is 84.5 Å². The van der Waals surface area contributed by atoms with Gasteiger partial charge >= 0.3 is 0 Å². The van der Waals surface area contributed by atoms with E-state index in [0.29, 0.717) is 0 Å². The number of likely N-dealkylation sites (N-methyl/N-ethyl adjacent to an activating group) is 1. The molecule has 1 heterocycles. The molecule has 1 aliphatic rings. The summed E-state index contributed by atoms with van der Waals surface area (Å²) < 4.78 is 0.948. The van der Waals surface area contributed by atoms with E-state index in [2.05, 4.69) is 26.0 Å². The molecule has 1 unspecified atom stereocenters. The second kappa shape index (κ2) is 13.6. The van der Waals surface area contributed by atoms with Crippen molar-refractivity contribution in [1.29, 1.82) is 0 Å². The highest BCUT2D eigenvalue weighted by atomic mass is 16.3. The largest absolute Gasteiger partial charge is 0.390 e. The lowest BCUT2D eigenvalue weighted by Gasteiger charge is -2.33. The summed E-state index contributed by atoms with van der Waals surface area (Å²) >= 11 is 0. The maximum atomic E-state index is 9.34. The summed E-state index contributed by atoms with van der Waals surface area (Å²) in [5.41, 5.74) is 0. The van der Waals surface area contributed by atoms with Crippen LogP contribution in [0.4, 0.5) is 0 Å². The van der Waals surface area contributed by atoms with E-state index in [4.69, 9.17) is 4.99 Å². The van der Waals surface area contributed by atoms with Crippen LogP contribution in [0, 0.1) is 0 Å². The predicted octanol–water partition coefficient (Wildman–Crippen LogP) is 5.09. The number of aliphatic imine (C=N–C) groups is 1. The topological polar surface area (TPSA) is 32.6 Å². The van der Waals surface area contributed by atoms with Gasteiger partial charge in [-0.2, -0.15) is 0 Å². The van der Waals surface area contributed by atoms with Gasteiger partial charge in [0, 0.05) is 6.42 Å². The van der Waals surface area contributed by atoms with Gasteiger partial charge in [-0.15, -0.1) is 0 Å². The molecule has 0 aromatic carbocycles. The van der Waals surface area contributed by atoms with E-state index in [0.717, 1.165) is 37.1 Å². The Hall–Kier alpha value is -0.670. The van der Waals surface area contributed by atoms with Crippen molar-refractivity contribution in [2.24, 2.45) is 4.99 Å². The van der Waals surface area contributed by atoms with Gasteiger partial charge in [0.25, 0.3) is 0 Å². The van der Waals surface area contributed by atoms with E-state index < -0.39 is 0 Å². The summed E-state index contributed by atoms with van der Waals surface area (Å²) in [4.78, 5) is 4.74. The maximum Gasteiger partial charge on any atom is 0.198 e. The van der Waals surface area contributed by atoms with Crippen LogP contribution in [0.25, 0.3) is 0 Å². The van der Waals surface area contributed by atoms with Gasteiger partial charge in [-0.05, 0) is 33.1 Å². The van der Waals surface area contributed by atoms with Gasteiger partial charge in [0.15, 0.2) is 5.84 Å². The molecule has 0 bridgehead atoms. The molecule has 0 saturated carbocycles. The van der Waals surface area contributed by atoms with Crippen LogP contribution in [0.3, 0.4) is 0 Å². The molecule has 0 aromatic heterocycles. The number of nitrogens with zero attached hydrogens (tertiary/aromatic N) is 2. The Kier molecular flexibility index (Phi) is 12.1. The van der Waals surface area contributed by atoms with Gasteiger partial charge in [-0.1, -0.05) is 57.1 Å². The molecule has 0 amide bonds. The first kappa shape index (κ1) is 21.4. The van der Waals surface area contributed by atoms with Crippen LogP contribution in [0.1, 0.15) is 84.5 Å². The van der Waals surface area contributed by atoms with E-state index in [1.165, 1.54) is 70.0 Å². The Labute approximate surface area is 150 Å². The molecule has 0 radical (unpaired) electrons. The van der Waals surface area contributed by atoms with E-state index in [1.807, 2.05) is 0 Å². The third-order valence-corrected chi connectivity index (χ3v) is 5.51. The Morgan fingerprint density at radius 2 is 1.62 bits per heavy atom. The van der Waals surface area contributed by atoms with E-state index in [-0.39, 0.29) is 6.61 Å².